The number of nitrogens with two attached hydrogens (primary N) is 1. The molecule has 2 aromatic rings. The Balaban J connectivity index is 2.20. The minimum Gasteiger partial charge on any atom is -0.329 e. The fraction of sp³-hybridized carbons (Fsp3) is 0.438. The maximum Gasteiger partial charge on any atom is 0.0641 e. The van der Waals surface area contributed by atoms with E-state index in [4.69, 9.17) is 5.73 Å². The van der Waals surface area contributed by atoms with Crippen molar-refractivity contribution in [2.45, 2.75) is 26.4 Å². The molecule has 0 aliphatic carbocycles. The van der Waals surface area contributed by atoms with Crippen molar-refractivity contribution in [2.75, 3.05) is 13.6 Å². The Morgan fingerprint density at radius 1 is 1.30 bits per heavy atom. The predicted molar refractivity (Wildman–Crippen MR) is 82.4 cm³/mol. The highest BCUT2D eigenvalue weighted by atomic mass is 15.3. The van der Waals surface area contributed by atoms with Gasteiger partial charge in [0.15, 0.2) is 0 Å². The molecule has 1 heterocycles. The molecule has 0 aliphatic heterocycles. The van der Waals surface area contributed by atoms with Crippen molar-refractivity contribution in [1.82, 2.24) is 14.7 Å². The first-order valence-corrected chi connectivity index (χ1v) is 6.98. The van der Waals surface area contributed by atoms with Crippen LogP contribution in [0.15, 0.2) is 30.5 Å². The van der Waals surface area contributed by atoms with Crippen molar-refractivity contribution in [3.63, 3.8) is 0 Å². The van der Waals surface area contributed by atoms with Gasteiger partial charge in [0, 0.05) is 31.9 Å². The lowest BCUT2D eigenvalue weighted by Gasteiger charge is -2.27. The molecule has 1 atom stereocenters. The first kappa shape index (κ1) is 14.8. The first-order valence-electron chi connectivity index (χ1n) is 6.98. The second-order valence-electron chi connectivity index (χ2n) is 5.44. The van der Waals surface area contributed by atoms with E-state index < -0.39 is 0 Å². The third-order valence-electron chi connectivity index (χ3n) is 3.85. The normalized spacial score (nSPS) is 12.9. The molecule has 2 rings (SSSR count). The zero-order chi connectivity index (χ0) is 14.7. The van der Waals surface area contributed by atoms with E-state index in [9.17, 15) is 0 Å². The number of likely N-dealkylation sites (N-methyl/N-ethyl adjacent to an activating group) is 1. The van der Waals surface area contributed by atoms with Crippen LogP contribution in [0.4, 0.5) is 0 Å². The second-order valence-corrected chi connectivity index (χ2v) is 5.44. The smallest absolute Gasteiger partial charge is 0.0641 e. The summed E-state index contributed by atoms with van der Waals surface area (Å²) in [5, 5.41) is 4.42. The summed E-state index contributed by atoms with van der Waals surface area (Å²) < 4.78 is 1.86. The molecule has 4 nitrogen and oxygen atoms in total. The summed E-state index contributed by atoms with van der Waals surface area (Å²) in [6, 6.07) is 8.68. The molecule has 0 aliphatic rings. The average Bonchev–Trinajstić information content (AvgIpc) is 2.72. The van der Waals surface area contributed by atoms with Crippen LogP contribution in [0.3, 0.4) is 0 Å². The minimum absolute atomic E-state index is 0.198. The topological polar surface area (TPSA) is 47.1 Å². The van der Waals surface area contributed by atoms with Gasteiger partial charge in [-0.3, -0.25) is 9.58 Å². The summed E-state index contributed by atoms with van der Waals surface area (Å²) in [4.78, 5) is 2.30. The van der Waals surface area contributed by atoms with E-state index in [1.807, 2.05) is 18.7 Å². The Bertz CT molecular complexity index is 574. The van der Waals surface area contributed by atoms with Gasteiger partial charge in [-0.05, 0) is 32.0 Å². The van der Waals surface area contributed by atoms with E-state index in [0.29, 0.717) is 6.54 Å². The molecule has 0 fully saturated rings. The van der Waals surface area contributed by atoms with Gasteiger partial charge >= 0.3 is 0 Å². The zero-order valence-corrected chi connectivity index (χ0v) is 12.8. The highest BCUT2D eigenvalue weighted by Gasteiger charge is 2.20. The van der Waals surface area contributed by atoms with Crippen LogP contribution < -0.4 is 5.73 Å². The van der Waals surface area contributed by atoms with Gasteiger partial charge < -0.3 is 5.73 Å². The van der Waals surface area contributed by atoms with Gasteiger partial charge in [-0.1, -0.05) is 24.3 Å². The number of nitrogens with zero attached hydrogens (tertiary/aromatic N) is 3. The summed E-state index contributed by atoms with van der Waals surface area (Å²) in [6.07, 6.45) is 2.07. The monoisotopic (exact) mass is 272 g/mol. The fourth-order valence-electron chi connectivity index (χ4n) is 2.66. The average molecular weight is 272 g/mol. The van der Waals surface area contributed by atoms with Crippen LogP contribution >= 0.6 is 0 Å². The molecule has 0 spiro atoms. The first-order chi connectivity index (χ1) is 9.52. The molecular formula is C16H24N4. The van der Waals surface area contributed by atoms with Crippen molar-refractivity contribution in [3.8, 4) is 0 Å². The lowest BCUT2D eigenvalue weighted by Crippen LogP contribution is -2.30. The zero-order valence-electron chi connectivity index (χ0n) is 12.8. The molecule has 1 unspecified atom stereocenters. The van der Waals surface area contributed by atoms with Gasteiger partial charge in [-0.2, -0.15) is 5.10 Å². The lowest BCUT2D eigenvalue weighted by atomic mass is 10.0. The number of hydrogen-bond acceptors (Lipinski definition) is 3. The van der Waals surface area contributed by atoms with Gasteiger partial charge in [0.25, 0.3) is 0 Å². The molecule has 0 radical (unpaired) electrons. The van der Waals surface area contributed by atoms with Crippen LogP contribution in [0.2, 0.25) is 0 Å². The number of aryl methyl sites for hydroxylation is 3. The van der Waals surface area contributed by atoms with E-state index in [1.54, 1.807) is 0 Å². The summed E-state index contributed by atoms with van der Waals surface area (Å²) >= 11 is 0. The van der Waals surface area contributed by atoms with Gasteiger partial charge in [0.1, 0.15) is 0 Å². The van der Waals surface area contributed by atoms with E-state index in [2.05, 4.69) is 54.4 Å². The molecule has 2 N–H and O–H groups in total. The fourth-order valence-corrected chi connectivity index (χ4v) is 2.66. The molecule has 0 amide bonds. The Labute approximate surface area is 121 Å². The summed E-state index contributed by atoms with van der Waals surface area (Å²) in [6.45, 7) is 5.67. The van der Waals surface area contributed by atoms with Gasteiger partial charge in [-0.25, -0.2) is 0 Å². The summed E-state index contributed by atoms with van der Waals surface area (Å²) in [7, 11) is 4.07. The number of rotatable bonds is 5. The minimum atomic E-state index is 0.198. The molecular weight excluding hydrogens is 248 g/mol. The van der Waals surface area contributed by atoms with Crippen molar-refractivity contribution in [2.24, 2.45) is 12.8 Å². The Hall–Kier alpha value is -1.65. The van der Waals surface area contributed by atoms with Crippen molar-refractivity contribution in [1.29, 1.82) is 0 Å². The SMILES string of the molecule is Cc1ccccc1CN(C)C(CN)c1cn(C)nc1C. The van der Waals surface area contributed by atoms with Gasteiger partial charge in [0.2, 0.25) is 0 Å². The maximum absolute atomic E-state index is 6.00. The number of benzene rings is 1. The molecule has 1 aromatic heterocycles. The standard InChI is InChI=1S/C16H24N4/c1-12-7-5-6-8-14(12)10-19(3)16(9-17)15-11-20(4)18-13(15)2/h5-8,11,16H,9-10,17H2,1-4H3. The van der Waals surface area contributed by atoms with Crippen LogP contribution in [-0.4, -0.2) is 28.3 Å². The highest BCUT2D eigenvalue weighted by molar-refractivity contribution is 5.26. The van der Waals surface area contributed by atoms with Crippen molar-refractivity contribution in [3.05, 3.63) is 52.8 Å². The summed E-state index contributed by atoms with van der Waals surface area (Å²) in [5.41, 5.74) is 10.9. The van der Waals surface area contributed by atoms with E-state index in [1.165, 1.54) is 16.7 Å². The molecule has 0 bridgehead atoms. The second kappa shape index (κ2) is 6.20. The van der Waals surface area contributed by atoms with Gasteiger partial charge in [0.05, 0.1) is 11.7 Å². The quantitative estimate of drug-likeness (QED) is 0.907. The third-order valence-corrected chi connectivity index (χ3v) is 3.85. The van der Waals surface area contributed by atoms with Crippen LogP contribution in [0.1, 0.15) is 28.4 Å². The third kappa shape index (κ3) is 3.08. The molecule has 1 aromatic carbocycles. The molecule has 0 saturated carbocycles. The van der Waals surface area contributed by atoms with E-state index in [0.717, 1.165) is 12.2 Å². The number of aromatic nitrogens is 2. The molecule has 4 heteroatoms. The van der Waals surface area contributed by atoms with Gasteiger partial charge in [-0.15, -0.1) is 0 Å². The van der Waals surface area contributed by atoms with Crippen LogP contribution in [0.25, 0.3) is 0 Å². The highest BCUT2D eigenvalue weighted by Crippen LogP contribution is 2.23. The van der Waals surface area contributed by atoms with Crippen molar-refractivity contribution >= 4 is 0 Å². The molecule has 0 saturated heterocycles. The van der Waals surface area contributed by atoms with E-state index >= 15 is 0 Å². The van der Waals surface area contributed by atoms with Crippen LogP contribution in [0.5, 0.6) is 0 Å². The Morgan fingerprint density at radius 3 is 2.55 bits per heavy atom. The molecule has 108 valence electrons. The largest absolute Gasteiger partial charge is 0.329 e. The Kier molecular flexibility index (Phi) is 4.57. The lowest BCUT2D eigenvalue weighted by molar-refractivity contribution is 0.240. The van der Waals surface area contributed by atoms with Crippen molar-refractivity contribution < 1.29 is 0 Å². The van der Waals surface area contributed by atoms with E-state index in [-0.39, 0.29) is 6.04 Å². The summed E-state index contributed by atoms with van der Waals surface area (Å²) in [5.74, 6) is 0. The maximum atomic E-state index is 6.00. The predicted octanol–water partition coefficient (Wildman–Crippen LogP) is 2.17. The Morgan fingerprint density at radius 2 is 2.00 bits per heavy atom. The van der Waals surface area contributed by atoms with Crippen LogP contribution in [-0.2, 0) is 13.6 Å². The van der Waals surface area contributed by atoms with Crippen LogP contribution in [0, 0.1) is 13.8 Å². The molecule has 20 heavy (non-hydrogen) atoms. The number of hydrogen-bond donors (Lipinski definition) is 1.